The molecule has 4 nitrogen and oxygen atoms in total. The molecular formula is C21H43NaO4S. The first-order valence-corrected chi connectivity index (χ1v) is 12.5. The van der Waals surface area contributed by atoms with Gasteiger partial charge in [-0.25, -0.2) is 8.42 Å². The number of hydrogen-bond donors (Lipinski definition) is 1. The van der Waals surface area contributed by atoms with Crippen molar-refractivity contribution in [2.75, 3.05) is 0 Å². The minimum atomic E-state index is -4.18. The SMILES string of the molecule is CCCCCCCC(O)CCCCCC(CCCCCCC)S(=O)(=O)[O-].[Na+]. The van der Waals surface area contributed by atoms with E-state index in [1.165, 1.54) is 32.1 Å². The van der Waals surface area contributed by atoms with Crippen LogP contribution in [0.15, 0.2) is 0 Å². The van der Waals surface area contributed by atoms with Gasteiger partial charge in [-0.3, -0.25) is 0 Å². The minimum absolute atomic E-state index is 0. The summed E-state index contributed by atoms with van der Waals surface area (Å²) in [4.78, 5) is 0. The molecule has 0 aliphatic rings. The molecule has 0 aromatic heterocycles. The van der Waals surface area contributed by atoms with Gasteiger partial charge in [0.1, 0.15) is 0 Å². The Balaban J connectivity index is 0. The van der Waals surface area contributed by atoms with Crippen LogP contribution in [-0.2, 0) is 10.1 Å². The largest absolute Gasteiger partial charge is 1.00 e. The summed E-state index contributed by atoms with van der Waals surface area (Å²) in [6.07, 6.45) is 16.4. The van der Waals surface area contributed by atoms with E-state index in [1.807, 2.05) is 0 Å². The summed E-state index contributed by atoms with van der Waals surface area (Å²) < 4.78 is 34.3. The first kappa shape index (κ1) is 30.1. The molecule has 1 N–H and O–H groups in total. The van der Waals surface area contributed by atoms with Crippen molar-refractivity contribution >= 4 is 10.1 Å². The molecule has 0 heterocycles. The second-order valence-corrected chi connectivity index (χ2v) is 9.46. The summed E-state index contributed by atoms with van der Waals surface area (Å²) in [7, 11) is -4.18. The second-order valence-electron chi connectivity index (χ2n) is 7.81. The molecule has 0 aromatic carbocycles. The molecular weight excluding hydrogens is 371 g/mol. The van der Waals surface area contributed by atoms with E-state index in [0.29, 0.717) is 12.8 Å². The molecule has 0 fully saturated rings. The fraction of sp³-hybridized carbons (Fsp3) is 1.00. The molecule has 27 heavy (non-hydrogen) atoms. The van der Waals surface area contributed by atoms with Crippen LogP contribution < -0.4 is 29.6 Å². The van der Waals surface area contributed by atoms with E-state index in [-0.39, 0.29) is 35.7 Å². The van der Waals surface area contributed by atoms with Crippen molar-refractivity contribution in [2.24, 2.45) is 0 Å². The molecule has 0 spiro atoms. The smallest absolute Gasteiger partial charge is 0.748 e. The normalized spacial score (nSPS) is 13.9. The minimum Gasteiger partial charge on any atom is -0.748 e. The Morgan fingerprint density at radius 2 is 1.00 bits per heavy atom. The first-order valence-electron chi connectivity index (χ1n) is 11.0. The summed E-state index contributed by atoms with van der Waals surface area (Å²) in [5, 5.41) is 9.27. The molecule has 0 aromatic rings. The Bertz CT molecular complexity index is 401. The maximum absolute atomic E-state index is 11.4. The molecule has 6 heteroatoms. The van der Waals surface area contributed by atoms with Crippen LogP contribution >= 0.6 is 0 Å². The van der Waals surface area contributed by atoms with Gasteiger partial charge >= 0.3 is 29.6 Å². The van der Waals surface area contributed by atoms with Crippen LogP contribution in [0.1, 0.15) is 123 Å². The zero-order valence-corrected chi connectivity index (χ0v) is 21.1. The summed E-state index contributed by atoms with van der Waals surface area (Å²) in [5.74, 6) is 0. The van der Waals surface area contributed by atoms with Gasteiger partial charge in [0.05, 0.1) is 16.2 Å². The van der Waals surface area contributed by atoms with Gasteiger partial charge < -0.3 is 9.66 Å². The van der Waals surface area contributed by atoms with Gasteiger partial charge in [0.2, 0.25) is 0 Å². The van der Waals surface area contributed by atoms with Crippen molar-refractivity contribution in [1.29, 1.82) is 0 Å². The molecule has 0 saturated carbocycles. The van der Waals surface area contributed by atoms with E-state index in [1.54, 1.807) is 0 Å². The Morgan fingerprint density at radius 1 is 0.667 bits per heavy atom. The third-order valence-electron chi connectivity index (χ3n) is 5.24. The number of hydrogen-bond acceptors (Lipinski definition) is 4. The van der Waals surface area contributed by atoms with Crippen molar-refractivity contribution in [3.63, 3.8) is 0 Å². The van der Waals surface area contributed by atoms with Crippen LogP contribution in [-0.4, -0.2) is 29.4 Å². The predicted octanol–water partition coefficient (Wildman–Crippen LogP) is 2.94. The maximum Gasteiger partial charge on any atom is 1.00 e. The molecule has 0 aliphatic heterocycles. The topological polar surface area (TPSA) is 77.4 Å². The van der Waals surface area contributed by atoms with Gasteiger partial charge in [-0.15, -0.1) is 0 Å². The van der Waals surface area contributed by atoms with E-state index in [0.717, 1.165) is 64.2 Å². The maximum atomic E-state index is 11.4. The molecule has 0 aliphatic carbocycles. The van der Waals surface area contributed by atoms with E-state index in [2.05, 4.69) is 13.8 Å². The third-order valence-corrected chi connectivity index (χ3v) is 6.53. The fourth-order valence-electron chi connectivity index (χ4n) is 3.47. The molecule has 0 rings (SSSR count). The number of unbranched alkanes of at least 4 members (excludes halogenated alkanes) is 10. The van der Waals surface area contributed by atoms with E-state index < -0.39 is 15.4 Å². The van der Waals surface area contributed by atoms with Crippen molar-refractivity contribution in [3.8, 4) is 0 Å². The van der Waals surface area contributed by atoms with Crippen LogP contribution in [0, 0.1) is 0 Å². The van der Waals surface area contributed by atoms with Gasteiger partial charge in [-0.1, -0.05) is 97.3 Å². The summed E-state index contributed by atoms with van der Waals surface area (Å²) in [6, 6.07) is 0. The van der Waals surface area contributed by atoms with Crippen molar-refractivity contribution in [2.45, 2.75) is 134 Å². The average molecular weight is 415 g/mol. The molecule has 0 saturated heterocycles. The van der Waals surface area contributed by atoms with E-state index >= 15 is 0 Å². The molecule has 0 amide bonds. The molecule has 0 radical (unpaired) electrons. The van der Waals surface area contributed by atoms with E-state index in [9.17, 15) is 18.1 Å². The Hall–Kier alpha value is 0.870. The van der Waals surface area contributed by atoms with Crippen LogP contribution in [0.25, 0.3) is 0 Å². The Morgan fingerprint density at radius 3 is 1.37 bits per heavy atom. The van der Waals surface area contributed by atoms with Crippen molar-refractivity contribution < 1.29 is 47.6 Å². The van der Waals surface area contributed by atoms with Gasteiger partial charge in [0.25, 0.3) is 0 Å². The molecule has 2 atom stereocenters. The van der Waals surface area contributed by atoms with Crippen LogP contribution in [0.3, 0.4) is 0 Å². The first-order chi connectivity index (χ1) is 12.4. The molecule has 2 unspecified atom stereocenters. The number of aliphatic hydroxyl groups is 1. The van der Waals surface area contributed by atoms with Crippen LogP contribution in [0.5, 0.6) is 0 Å². The van der Waals surface area contributed by atoms with Gasteiger partial charge in [-0.05, 0) is 25.7 Å². The van der Waals surface area contributed by atoms with Crippen LogP contribution in [0.2, 0.25) is 0 Å². The zero-order chi connectivity index (χ0) is 19.7. The molecule has 0 bridgehead atoms. The van der Waals surface area contributed by atoms with Crippen molar-refractivity contribution in [3.05, 3.63) is 0 Å². The van der Waals surface area contributed by atoms with E-state index in [4.69, 9.17) is 0 Å². The quantitative estimate of drug-likeness (QED) is 0.200. The Labute approximate surface area is 191 Å². The standard InChI is InChI=1S/C21H44O4S.Na/c1-3-5-7-9-12-16-20(22)17-13-11-15-19-21(26(23,24)25)18-14-10-8-6-4-2;/h20-22H,3-19H2,1-2H3,(H,23,24,25);/q;+1/p-1. The molecule has 158 valence electrons. The monoisotopic (exact) mass is 414 g/mol. The summed E-state index contributed by atoms with van der Waals surface area (Å²) in [5.41, 5.74) is 0. The Kier molecular flexibility index (Phi) is 22.4. The van der Waals surface area contributed by atoms with Gasteiger partial charge in [0, 0.05) is 5.25 Å². The number of rotatable bonds is 19. The van der Waals surface area contributed by atoms with Crippen LogP contribution in [0.4, 0.5) is 0 Å². The van der Waals surface area contributed by atoms with Gasteiger partial charge in [0.15, 0.2) is 0 Å². The third kappa shape index (κ3) is 19.9. The zero-order valence-electron chi connectivity index (χ0n) is 18.3. The summed E-state index contributed by atoms with van der Waals surface area (Å²) in [6.45, 7) is 4.35. The number of aliphatic hydroxyl groups excluding tert-OH is 1. The van der Waals surface area contributed by atoms with Gasteiger partial charge in [-0.2, -0.15) is 0 Å². The average Bonchev–Trinajstić information content (AvgIpc) is 2.58. The second kappa shape index (κ2) is 20.2. The summed E-state index contributed by atoms with van der Waals surface area (Å²) >= 11 is 0. The fourth-order valence-corrected chi connectivity index (χ4v) is 4.38. The van der Waals surface area contributed by atoms with Crippen molar-refractivity contribution in [1.82, 2.24) is 0 Å². The predicted molar refractivity (Wildman–Crippen MR) is 109 cm³/mol.